The van der Waals surface area contributed by atoms with Gasteiger partial charge in [-0.2, -0.15) is 0 Å². The second-order valence-electron chi connectivity index (χ2n) is 5.24. The van der Waals surface area contributed by atoms with Gasteiger partial charge < -0.3 is 15.5 Å². The van der Waals surface area contributed by atoms with Gasteiger partial charge in [0.2, 0.25) is 5.91 Å². The van der Waals surface area contributed by atoms with E-state index in [1.54, 1.807) is 17.3 Å². The lowest BCUT2D eigenvalue weighted by atomic mass is 10.3. The molecule has 7 nitrogen and oxygen atoms in total. The van der Waals surface area contributed by atoms with Gasteiger partial charge in [-0.25, -0.2) is 4.79 Å². The van der Waals surface area contributed by atoms with E-state index >= 15 is 0 Å². The minimum absolute atomic E-state index is 0.0389. The highest BCUT2D eigenvalue weighted by atomic mass is 16.2. The predicted molar refractivity (Wildman–Crippen MR) is 83.2 cm³/mol. The maximum atomic E-state index is 12.1. The van der Waals surface area contributed by atoms with Crippen molar-refractivity contribution in [1.82, 2.24) is 25.4 Å². The number of hydrogen-bond donors (Lipinski definition) is 2. The average Bonchev–Trinajstić information content (AvgIpc) is 2.54. The summed E-state index contributed by atoms with van der Waals surface area (Å²) in [6.07, 6.45) is 3.45. The highest BCUT2D eigenvalue weighted by Gasteiger charge is 2.21. The van der Waals surface area contributed by atoms with E-state index in [1.165, 1.54) is 0 Å². The molecule has 0 atom stereocenters. The Labute approximate surface area is 130 Å². The Morgan fingerprint density at radius 2 is 2.00 bits per heavy atom. The van der Waals surface area contributed by atoms with Crippen molar-refractivity contribution < 1.29 is 9.59 Å². The topological polar surface area (TPSA) is 77.6 Å². The molecule has 0 unspecified atom stereocenters. The molecule has 1 saturated heterocycles. The summed E-state index contributed by atoms with van der Waals surface area (Å²) in [6, 6.07) is 3.71. The molecule has 1 aromatic rings. The minimum Gasteiger partial charge on any atom is -0.355 e. The van der Waals surface area contributed by atoms with Crippen LogP contribution in [-0.4, -0.2) is 66.0 Å². The fourth-order valence-electron chi connectivity index (χ4n) is 2.36. The Kier molecular flexibility index (Phi) is 6.14. The van der Waals surface area contributed by atoms with E-state index in [0.29, 0.717) is 32.7 Å². The third kappa shape index (κ3) is 5.00. The van der Waals surface area contributed by atoms with Crippen LogP contribution in [0.2, 0.25) is 0 Å². The minimum atomic E-state index is -0.0680. The zero-order valence-electron chi connectivity index (χ0n) is 12.9. The van der Waals surface area contributed by atoms with Crippen molar-refractivity contribution >= 4 is 11.9 Å². The smallest absolute Gasteiger partial charge is 0.317 e. The van der Waals surface area contributed by atoms with Crippen molar-refractivity contribution in [2.24, 2.45) is 0 Å². The summed E-state index contributed by atoms with van der Waals surface area (Å²) in [7, 11) is 0. The monoisotopic (exact) mass is 305 g/mol. The lowest BCUT2D eigenvalue weighted by Crippen LogP contribution is -2.53. The Bertz CT molecular complexity index is 486. The van der Waals surface area contributed by atoms with Crippen LogP contribution in [0.5, 0.6) is 0 Å². The molecule has 0 radical (unpaired) electrons. The van der Waals surface area contributed by atoms with Gasteiger partial charge in [0.1, 0.15) is 0 Å². The number of nitrogens with zero attached hydrogens (tertiary/aromatic N) is 3. The fourth-order valence-corrected chi connectivity index (χ4v) is 2.36. The van der Waals surface area contributed by atoms with E-state index in [-0.39, 0.29) is 11.9 Å². The van der Waals surface area contributed by atoms with Crippen LogP contribution in [0.1, 0.15) is 12.5 Å². The lowest BCUT2D eigenvalue weighted by Gasteiger charge is -2.34. The molecule has 0 aromatic carbocycles. The summed E-state index contributed by atoms with van der Waals surface area (Å²) in [5.41, 5.74) is 0.978. The first-order valence-corrected chi connectivity index (χ1v) is 7.59. The van der Waals surface area contributed by atoms with Gasteiger partial charge in [-0.1, -0.05) is 6.07 Å². The first-order chi connectivity index (χ1) is 10.7. The summed E-state index contributed by atoms with van der Waals surface area (Å²) in [4.78, 5) is 31.5. The molecular formula is C15H23N5O2. The number of hydrogen-bond acceptors (Lipinski definition) is 4. The number of carbonyl (C=O) groups is 2. The van der Waals surface area contributed by atoms with Gasteiger partial charge in [0.25, 0.3) is 0 Å². The maximum Gasteiger partial charge on any atom is 0.317 e. The third-order valence-corrected chi connectivity index (χ3v) is 3.57. The van der Waals surface area contributed by atoms with Gasteiger partial charge in [0, 0.05) is 51.7 Å². The molecule has 1 fully saturated rings. The number of amides is 3. The van der Waals surface area contributed by atoms with Crippen LogP contribution < -0.4 is 10.6 Å². The van der Waals surface area contributed by atoms with Gasteiger partial charge >= 0.3 is 6.03 Å². The van der Waals surface area contributed by atoms with Crippen molar-refractivity contribution in [2.45, 2.75) is 13.5 Å². The van der Waals surface area contributed by atoms with Crippen LogP contribution in [0, 0.1) is 0 Å². The second-order valence-corrected chi connectivity index (χ2v) is 5.24. The summed E-state index contributed by atoms with van der Waals surface area (Å²) in [6.45, 7) is 6.15. The number of piperazine rings is 1. The Morgan fingerprint density at radius 3 is 2.64 bits per heavy atom. The zero-order valence-corrected chi connectivity index (χ0v) is 12.9. The van der Waals surface area contributed by atoms with E-state index < -0.39 is 0 Å². The van der Waals surface area contributed by atoms with Gasteiger partial charge in [-0.15, -0.1) is 0 Å². The molecular weight excluding hydrogens is 282 g/mol. The van der Waals surface area contributed by atoms with Crippen molar-refractivity contribution in [1.29, 1.82) is 0 Å². The van der Waals surface area contributed by atoms with Crippen LogP contribution in [-0.2, 0) is 11.3 Å². The largest absolute Gasteiger partial charge is 0.355 e. The Balaban J connectivity index is 1.69. The zero-order chi connectivity index (χ0) is 15.8. The molecule has 2 heterocycles. The molecule has 2 rings (SSSR count). The quantitative estimate of drug-likeness (QED) is 0.805. The van der Waals surface area contributed by atoms with Crippen molar-refractivity contribution in [2.75, 3.05) is 39.3 Å². The Morgan fingerprint density at radius 1 is 1.23 bits per heavy atom. The molecule has 2 N–H and O–H groups in total. The lowest BCUT2D eigenvalue weighted by molar-refractivity contribution is -0.122. The van der Waals surface area contributed by atoms with Gasteiger partial charge in [0.05, 0.1) is 6.54 Å². The van der Waals surface area contributed by atoms with Crippen LogP contribution in [0.4, 0.5) is 4.79 Å². The van der Waals surface area contributed by atoms with Gasteiger partial charge in [0.15, 0.2) is 0 Å². The first-order valence-electron chi connectivity index (χ1n) is 7.59. The molecule has 0 spiro atoms. The molecule has 120 valence electrons. The van der Waals surface area contributed by atoms with E-state index in [0.717, 1.165) is 18.7 Å². The van der Waals surface area contributed by atoms with E-state index in [4.69, 9.17) is 0 Å². The fraction of sp³-hybridized carbons (Fsp3) is 0.533. The molecule has 0 saturated carbocycles. The van der Waals surface area contributed by atoms with Crippen LogP contribution in [0.25, 0.3) is 0 Å². The van der Waals surface area contributed by atoms with Crippen molar-refractivity contribution in [3.63, 3.8) is 0 Å². The van der Waals surface area contributed by atoms with E-state index in [1.807, 2.05) is 19.1 Å². The average molecular weight is 305 g/mol. The normalized spacial score (nSPS) is 15.4. The molecule has 7 heteroatoms. The van der Waals surface area contributed by atoms with Gasteiger partial charge in [-0.3, -0.25) is 14.7 Å². The molecule has 3 amide bonds. The summed E-state index contributed by atoms with van der Waals surface area (Å²) >= 11 is 0. The van der Waals surface area contributed by atoms with Crippen LogP contribution in [0.3, 0.4) is 0 Å². The molecule has 1 aliphatic heterocycles. The summed E-state index contributed by atoms with van der Waals surface area (Å²) in [5.74, 6) is 0.0389. The van der Waals surface area contributed by atoms with Crippen molar-refractivity contribution in [3.05, 3.63) is 30.1 Å². The molecule has 0 bridgehead atoms. The number of aromatic nitrogens is 1. The second kappa shape index (κ2) is 8.33. The highest BCUT2D eigenvalue weighted by molar-refractivity contribution is 5.78. The number of urea groups is 1. The number of rotatable bonds is 5. The number of pyridine rings is 1. The van der Waals surface area contributed by atoms with Crippen molar-refractivity contribution in [3.8, 4) is 0 Å². The van der Waals surface area contributed by atoms with Gasteiger partial charge in [-0.05, 0) is 18.6 Å². The Hall–Kier alpha value is -2.15. The molecule has 22 heavy (non-hydrogen) atoms. The number of nitrogens with one attached hydrogen (secondary N) is 2. The molecule has 1 aliphatic rings. The standard InChI is InChI=1S/C15H23N5O2/c1-2-17-14(21)12-19-6-8-20(9-7-19)15(22)18-11-13-4-3-5-16-10-13/h3-5,10H,2,6-9,11-12H2,1H3,(H,17,21)(H,18,22). The first kappa shape index (κ1) is 16.2. The summed E-state index contributed by atoms with van der Waals surface area (Å²) in [5, 5.41) is 5.68. The molecule has 0 aliphatic carbocycles. The van der Waals surface area contributed by atoms with Crippen LogP contribution in [0.15, 0.2) is 24.5 Å². The van der Waals surface area contributed by atoms with E-state index in [2.05, 4.69) is 20.5 Å². The highest BCUT2D eigenvalue weighted by Crippen LogP contribution is 2.02. The maximum absolute atomic E-state index is 12.1. The SMILES string of the molecule is CCNC(=O)CN1CCN(C(=O)NCc2cccnc2)CC1. The third-order valence-electron chi connectivity index (χ3n) is 3.57. The molecule has 1 aromatic heterocycles. The summed E-state index contributed by atoms with van der Waals surface area (Å²) < 4.78 is 0. The van der Waals surface area contributed by atoms with Crippen LogP contribution >= 0.6 is 0 Å². The number of likely N-dealkylation sites (N-methyl/N-ethyl adjacent to an activating group) is 1. The predicted octanol–water partition coefficient (Wildman–Crippen LogP) is 0.0449. The van der Waals surface area contributed by atoms with E-state index in [9.17, 15) is 9.59 Å². The number of carbonyl (C=O) groups excluding carboxylic acids is 2.